The van der Waals surface area contributed by atoms with Gasteiger partial charge >= 0.3 is 0 Å². The molecule has 0 bridgehead atoms. The zero-order valence-electron chi connectivity index (χ0n) is 22.2. The molecule has 0 unspecified atom stereocenters. The van der Waals surface area contributed by atoms with Gasteiger partial charge in [-0.3, -0.25) is 9.59 Å². The Hall–Kier alpha value is -4.52. The van der Waals surface area contributed by atoms with E-state index in [1.165, 1.54) is 11.2 Å². The molecule has 208 valence electrons. The largest absolute Gasteiger partial charge is 0.383 e. The first-order valence-electron chi connectivity index (χ1n) is 12.9. The number of carbonyl (C=O) groups excluding carboxylic acids is 2. The van der Waals surface area contributed by atoms with E-state index in [1.54, 1.807) is 35.2 Å². The van der Waals surface area contributed by atoms with Crippen LogP contribution in [-0.4, -0.2) is 65.0 Å². The minimum absolute atomic E-state index is 0.102. The number of carbonyl (C=O) groups is 2. The van der Waals surface area contributed by atoms with Crippen molar-refractivity contribution in [3.8, 4) is 11.1 Å². The average Bonchev–Trinajstić information content (AvgIpc) is 3.48. The SMILES string of the molecule is Cc1ncc(-c2cc(C)c3c(c2)c2c(N)ncnc2n3CC(=O)N2C[C@H](F)C[C@H]2C(=O)Nc2cccc(Br)n2)cn1. The molecule has 6 rings (SSSR count). The molecular formula is C28H25BrFN9O2. The van der Waals surface area contributed by atoms with Crippen molar-refractivity contribution in [3.63, 3.8) is 0 Å². The number of nitrogens with two attached hydrogens (primary N) is 1. The maximum atomic E-state index is 14.6. The minimum Gasteiger partial charge on any atom is -0.383 e. The van der Waals surface area contributed by atoms with Crippen LogP contribution in [0.4, 0.5) is 16.0 Å². The summed E-state index contributed by atoms with van der Waals surface area (Å²) >= 11 is 3.27. The summed E-state index contributed by atoms with van der Waals surface area (Å²) in [4.78, 5) is 49.6. The topological polar surface area (TPSA) is 145 Å². The van der Waals surface area contributed by atoms with Crippen molar-refractivity contribution in [2.75, 3.05) is 17.6 Å². The molecule has 3 N–H and O–H groups in total. The van der Waals surface area contributed by atoms with Crippen molar-refractivity contribution in [1.82, 2.24) is 34.4 Å². The molecule has 4 aromatic heterocycles. The number of hydrogen-bond acceptors (Lipinski definition) is 8. The number of alkyl halides is 1. The van der Waals surface area contributed by atoms with Crippen LogP contribution in [0.25, 0.3) is 33.1 Å². The minimum atomic E-state index is -1.33. The Morgan fingerprint density at radius 3 is 2.66 bits per heavy atom. The van der Waals surface area contributed by atoms with E-state index < -0.39 is 24.0 Å². The van der Waals surface area contributed by atoms with Crippen LogP contribution < -0.4 is 11.1 Å². The van der Waals surface area contributed by atoms with Gasteiger partial charge < -0.3 is 20.5 Å². The highest BCUT2D eigenvalue weighted by Crippen LogP contribution is 2.36. The fraction of sp³-hybridized carbons (Fsp3) is 0.250. The van der Waals surface area contributed by atoms with E-state index in [1.807, 2.05) is 26.0 Å². The van der Waals surface area contributed by atoms with Gasteiger partial charge in [0.15, 0.2) is 0 Å². The molecule has 2 atom stereocenters. The lowest BCUT2D eigenvalue weighted by Gasteiger charge is -2.24. The maximum Gasteiger partial charge on any atom is 0.248 e. The number of fused-ring (bicyclic) bond motifs is 3. The molecule has 0 aliphatic carbocycles. The highest BCUT2D eigenvalue weighted by Gasteiger charge is 2.40. The third-order valence-electron chi connectivity index (χ3n) is 7.20. The number of aromatic nitrogens is 6. The van der Waals surface area contributed by atoms with Gasteiger partial charge in [-0.05, 0) is 65.2 Å². The van der Waals surface area contributed by atoms with Gasteiger partial charge in [0.1, 0.15) is 52.8 Å². The fourth-order valence-electron chi connectivity index (χ4n) is 5.37. The summed E-state index contributed by atoms with van der Waals surface area (Å²) in [5, 5.41) is 4.07. The molecule has 0 radical (unpaired) electrons. The highest BCUT2D eigenvalue weighted by atomic mass is 79.9. The Morgan fingerprint density at radius 1 is 1.12 bits per heavy atom. The van der Waals surface area contributed by atoms with Crippen molar-refractivity contribution < 1.29 is 14.0 Å². The summed E-state index contributed by atoms with van der Waals surface area (Å²) in [5.74, 6) is 0.320. The molecular weight excluding hydrogens is 593 g/mol. The van der Waals surface area contributed by atoms with Crippen LogP contribution in [0.15, 0.2) is 53.7 Å². The van der Waals surface area contributed by atoms with Gasteiger partial charge in [-0.1, -0.05) is 6.07 Å². The molecule has 0 spiro atoms. The molecule has 0 saturated carbocycles. The van der Waals surface area contributed by atoms with E-state index in [0.717, 1.165) is 27.6 Å². The number of nitrogens with one attached hydrogen (secondary N) is 1. The van der Waals surface area contributed by atoms with Gasteiger partial charge in [0.05, 0.1) is 17.4 Å². The van der Waals surface area contributed by atoms with Gasteiger partial charge in [0.25, 0.3) is 0 Å². The summed E-state index contributed by atoms with van der Waals surface area (Å²) in [6.07, 6.45) is 3.41. The Kier molecular flexibility index (Phi) is 6.81. The van der Waals surface area contributed by atoms with Crippen molar-refractivity contribution in [2.45, 2.75) is 39.0 Å². The van der Waals surface area contributed by atoms with Crippen molar-refractivity contribution in [1.29, 1.82) is 0 Å². The number of benzene rings is 1. The number of rotatable bonds is 5. The third-order valence-corrected chi connectivity index (χ3v) is 7.64. The molecule has 1 fully saturated rings. The number of likely N-dealkylation sites (tertiary alicyclic amines) is 1. The van der Waals surface area contributed by atoms with Gasteiger partial charge in [-0.25, -0.2) is 29.3 Å². The number of nitrogens with zero attached hydrogens (tertiary/aromatic N) is 7. The molecule has 1 aliphatic heterocycles. The summed E-state index contributed by atoms with van der Waals surface area (Å²) in [6, 6.07) is 8.01. The van der Waals surface area contributed by atoms with Crippen LogP contribution in [0.1, 0.15) is 17.8 Å². The number of pyridine rings is 1. The normalized spacial score (nSPS) is 16.9. The Bertz CT molecular complexity index is 1830. The highest BCUT2D eigenvalue weighted by molar-refractivity contribution is 9.10. The van der Waals surface area contributed by atoms with Crippen molar-refractivity contribution >= 4 is 61.3 Å². The van der Waals surface area contributed by atoms with Crippen molar-refractivity contribution in [2.24, 2.45) is 0 Å². The molecule has 11 nitrogen and oxygen atoms in total. The first-order chi connectivity index (χ1) is 19.7. The predicted molar refractivity (Wildman–Crippen MR) is 156 cm³/mol. The second-order valence-electron chi connectivity index (χ2n) is 9.98. The summed E-state index contributed by atoms with van der Waals surface area (Å²) < 4.78 is 16.9. The quantitative estimate of drug-likeness (QED) is 0.282. The van der Waals surface area contributed by atoms with Crippen LogP contribution in [0.2, 0.25) is 0 Å². The third kappa shape index (κ3) is 4.97. The Balaban J connectivity index is 1.37. The Labute approximate surface area is 242 Å². The first kappa shape index (κ1) is 26.7. The molecule has 2 amide bonds. The van der Waals surface area contributed by atoms with E-state index in [2.05, 4.69) is 46.2 Å². The van der Waals surface area contributed by atoms with Crippen LogP contribution in [0, 0.1) is 13.8 Å². The van der Waals surface area contributed by atoms with Crippen molar-refractivity contribution in [3.05, 3.63) is 65.0 Å². The maximum absolute atomic E-state index is 14.6. The smallest absolute Gasteiger partial charge is 0.248 e. The first-order valence-corrected chi connectivity index (χ1v) is 13.7. The molecule has 1 aliphatic rings. The lowest BCUT2D eigenvalue weighted by atomic mass is 10.0. The molecule has 13 heteroatoms. The van der Waals surface area contributed by atoms with Gasteiger partial charge in [0, 0.05) is 29.8 Å². The second-order valence-corrected chi connectivity index (χ2v) is 10.8. The van der Waals surface area contributed by atoms with E-state index in [9.17, 15) is 14.0 Å². The van der Waals surface area contributed by atoms with Gasteiger partial charge in [-0.15, -0.1) is 0 Å². The molecule has 1 aromatic carbocycles. The van der Waals surface area contributed by atoms with Crippen LogP contribution in [0.5, 0.6) is 0 Å². The Morgan fingerprint density at radius 2 is 1.90 bits per heavy atom. The van der Waals surface area contributed by atoms with E-state index in [4.69, 9.17) is 5.73 Å². The average molecular weight is 618 g/mol. The monoisotopic (exact) mass is 617 g/mol. The zero-order valence-corrected chi connectivity index (χ0v) is 23.8. The number of anilines is 2. The fourth-order valence-corrected chi connectivity index (χ4v) is 5.72. The number of halogens is 2. The summed E-state index contributed by atoms with van der Waals surface area (Å²) in [7, 11) is 0. The van der Waals surface area contributed by atoms with Gasteiger partial charge in [-0.2, -0.15) is 0 Å². The molecule has 41 heavy (non-hydrogen) atoms. The molecule has 1 saturated heterocycles. The molecule has 5 heterocycles. The van der Waals surface area contributed by atoms with Gasteiger partial charge in [0.2, 0.25) is 11.8 Å². The van der Waals surface area contributed by atoms with E-state index in [0.29, 0.717) is 27.3 Å². The second kappa shape index (κ2) is 10.5. The summed E-state index contributed by atoms with van der Waals surface area (Å²) in [5.41, 5.74) is 10.1. The molecule has 5 aromatic rings. The predicted octanol–water partition coefficient (Wildman–Crippen LogP) is 3.98. The van der Waals surface area contributed by atoms with Crippen LogP contribution in [0.3, 0.4) is 0 Å². The number of nitrogen functional groups attached to an aromatic ring is 1. The number of amides is 2. The standard InChI is InChI=1S/C28H25BrFN9O2/c1-14-6-16(17-9-32-15(2)33-10-17)7-19-24-26(31)34-13-35-27(24)39(25(14)19)12-23(40)38-11-18(30)8-20(38)28(41)37-22-5-3-4-21(29)36-22/h3-7,9-10,13,18,20H,8,11-12H2,1-2H3,(H2,31,34,35)(H,36,37,41)/t18-,20+/m1/s1. The lowest BCUT2D eigenvalue weighted by molar-refractivity contribution is -0.137. The zero-order chi connectivity index (χ0) is 28.8. The summed E-state index contributed by atoms with van der Waals surface area (Å²) in [6.45, 7) is 3.39. The van der Waals surface area contributed by atoms with E-state index in [-0.39, 0.29) is 25.3 Å². The van der Waals surface area contributed by atoms with Crippen LogP contribution in [-0.2, 0) is 16.1 Å². The number of aryl methyl sites for hydroxylation is 2. The van der Waals surface area contributed by atoms with E-state index >= 15 is 0 Å². The lowest BCUT2D eigenvalue weighted by Crippen LogP contribution is -2.44. The number of hydrogen-bond donors (Lipinski definition) is 2. The van der Waals surface area contributed by atoms with Crippen LogP contribution >= 0.6 is 15.9 Å².